The molecule has 2 aromatic carbocycles. The summed E-state index contributed by atoms with van der Waals surface area (Å²) >= 11 is 0. The third-order valence-electron chi connectivity index (χ3n) is 3.57. The summed E-state index contributed by atoms with van der Waals surface area (Å²) in [7, 11) is 1.60. The summed E-state index contributed by atoms with van der Waals surface area (Å²) in [6, 6.07) is 16.6. The van der Waals surface area contributed by atoms with Gasteiger partial charge in [0.25, 0.3) is 0 Å². The predicted octanol–water partition coefficient (Wildman–Crippen LogP) is 3.64. The molecule has 2 N–H and O–H groups in total. The summed E-state index contributed by atoms with van der Waals surface area (Å²) in [6.07, 6.45) is 0. The number of ether oxygens (including phenoxy) is 2. The van der Waals surface area contributed by atoms with E-state index in [0.717, 1.165) is 16.9 Å². The molecule has 0 heterocycles. The second-order valence-electron chi connectivity index (χ2n) is 5.08. The predicted molar refractivity (Wildman–Crippen MR) is 96.2 cm³/mol. The Bertz CT molecular complexity index is 746. The van der Waals surface area contributed by atoms with Gasteiger partial charge in [0.05, 0.1) is 25.0 Å². The molecule has 4 heteroatoms. The Hall–Kier alpha value is -3.01. The van der Waals surface area contributed by atoms with E-state index in [1.54, 1.807) is 14.0 Å². The molecule has 24 heavy (non-hydrogen) atoms. The van der Waals surface area contributed by atoms with Crippen LogP contribution in [0.3, 0.4) is 0 Å². The van der Waals surface area contributed by atoms with Crippen LogP contribution in [0.1, 0.15) is 18.1 Å². The van der Waals surface area contributed by atoms with E-state index in [4.69, 9.17) is 15.2 Å². The lowest BCUT2D eigenvalue weighted by Crippen LogP contribution is -2.14. The van der Waals surface area contributed by atoms with Crippen molar-refractivity contribution < 1.29 is 14.3 Å². The Kier molecular flexibility index (Phi) is 5.79. The third-order valence-corrected chi connectivity index (χ3v) is 3.57. The van der Waals surface area contributed by atoms with E-state index in [-0.39, 0.29) is 12.2 Å². The number of benzene rings is 2. The highest BCUT2D eigenvalue weighted by atomic mass is 16.5. The molecule has 0 aromatic heterocycles. The molecule has 0 bridgehead atoms. The minimum Gasteiger partial charge on any atom is -0.497 e. The van der Waals surface area contributed by atoms with E-state index in [2.05, 4.69) is 6.58 Å². The number of hydrogen-bond donors (Lipinski definition) is 1. The molecule has 0 aliphatic heterocycles. The SMILES string of the molecule is C=C(/C(C(=O)OCC)=C(\N)c1ccccc1)c1ccc(OC)cc1. The van der Waals surface area contributed by atoms with Gasteiger partial charge in [-0.15, -0.1) is 0 Å². The highest BCUT2D eigenvalue weighted by Crippen LogP contribution is 2.28. The Morgan fingerprint density at radius 2 is 1.67 bits per heavy atom. The van der Waals surface area contributed by atoms with E-state index >= 15 is 0 Å². The van der Waals surface area contributed by atoms with Gasteiger partial charge in [0, 0.05) is 0 Å². The van der Waals surface area contributed by atoms with Crippen LogP contribution >= 0.6 is 0 Å². The van der Waals surface area contributed by atoms with Crippen molar-refractivity contribution in [1.82, 2.24) is 0 Å². The number of esters is 1. The summed E-state index contributed by atoms with van der Waals surface area (Å²) < 4.78 is 10.3. The molecule has 0 radical (unpaired) electrons. The zero-order valence-corrected chi connectivity index (χ0v) is 13.9. The first kappa shape index (κ1) is 17.3. The Morgan fingerprint density at radius 3 is 2.21 bits per heavy atom. The minimum absolute atomic E-state index is 0.264. The molecule has 0 atom stereocenters. The van der Waals surface area contributed by atoms with Gasteiger partial charge in [-0.3, -0.25) is 0 Å². The van der Waals surface area contributed by atoms with Crippen LogP contribution in [0.25, 0.3) is 11.3 Å². The summed E-state index contributed by atoms with van der Waals surface area (Å²) in [6.45, 7) is 6.07. The number of nitrogens with two attached hydrogens (primary N) is 1. The van der Waals surface area contributed by atoms with Gasteiger partial charge in [-0.1, -0.05) is 49.0 Å². The normalized spacial score (nSPS) is 11.4. The quantitative estimate of drug-likeness (QED) is 0.501. The van der Waals surface area contributed by atoms with Crippen molar-refractivity contribution in [1.29, 1.82) is 0 Å². The average molecular weight is 323 g/mol. The van der Waals surface area contributed by atoms with Gasteiger partial charge in [0.1, 0.15) is 5.75 Å². The first-order chi connectivity index (χ1) is 11.6. The number of hydrogen-bond acceptors (Lipinski definition) is 4. The zero-order valence-electron chi connectivity index (χ0n) is 13.9. The molecule has 0 aliphatic rings. The van der Waals surface area contributed by atoms with Crippen molar-refractivity contribution in [3.05, 3.63) is 77.9 Å². The number of methoxy groups -OCH3 is 1. The first-order valence-electron chi connectivity index (χ1n) is 7.64. The van der Waals surface area contributed by atoms with Crippen molar-refractivity contribution in [3.8, 4) is 5.75 Å². The van der Waals surface area contributed by atoms with E-state index in [9.17, 15) is 4.79 Å². The fourth-order valence-corrected chi connectivity index (χ4v) is 2.30. The van der Waals surface area contributed by atoms with Crippen LogP contribution in [0.15, 0.2) is 66.7 Å². The Labute approximate surface area is 142 Å². The van der Waals surface area contributed by atoms with Crippen molar-refractivity contribution in [2.24, 2.45) is 5.73 Å². The van der Waals surface area contributed by atoms with Crippen LogP contribution in [0.2, 0.25) is 0 Å². The van der Waals surface area contributed by atoms with Crippen molar-refractivity contribution >= 4 is 17.2 Å². The van der Waals surface area contributed by atoms with Crippen LogP contribution in [-0.2, 0) is 9.53 Å². The second-order valence-corrected chi connectivity index (χ2v) is 5.08. The zero-order chi connectivity index (χ0) is 17.5. The summed E-state index contributed by atoms with van der Waals surface area (Å²) in [5.74, 6) is 0.240. The lowest BCUT2D eigenvalue weighted by atomic mass is 9.95. The van der Waals surface area contributed by atoms with Crippen LogP contribution < -0.4 is 10.5 Å². The topological polar surface area (TPSA) is 61.5 Å². The van der Waals surface area contributed by atoms with Crippen LogP contribution in [-0.4, -0.2) is 19.7 Å². The number of carbonyl (C=O) groups is 1. The summed E-state index contributed by atoms with van der Waals surface area (Å²) in [4.78, 5) is 12.5. The summed E-state index contributed by atoms with van der Waals surface area (Å²) in [5, 5.41) is 0. The molecule has 0 fully saturated rings. The van der Waals surface area contributed by atoms with Gasteiger partial charge in [-0.2, -0.15) is 0 Å². The molecular formula is C20H21NO3. The van der Waals surface area contributed by atoms with Gasteiger partial charge in [-0.05, 0) is 35.8 Å². The fourth-order valence-electron chi connectivity index (χ4n) is 2.30. The Balaban J connectivity index is 2.49. The third kappa shape index (κ3) is 3.84. The Morgan fingerprint density at radius 1 is 1.04 bits per heavy atom. The molecule has 124 valence electrons. The lowest BCUT2D eigenvalue weighted by Gasteiger charge is -2.14. The van der Waals surface area contributed by atoms with Crippen molar-refractivity contribution in [2.75, 3.05) is 13.7 Å². The number of rotatable bonds is 6. The standard InChI is InChI=1S/C20H21NO3/c1-4-24-20(22)18(19(21)16-8-6-5-7-9-16)14(2)15-10-12-17(23-3)13-11-15/h5-13H,2,4,21H2,1,3H3/b19-18+. The molecule has 2 rings (SSSR count). The molecule has 4 nitrogen and oxygen atoms in total. The van der Waals surface area contributed by atoms with E-state index in [1.165, 1.54) is 0 Å². The molecule has 0 amide bonds. The molecule has 0 aliphatic carbocycles. The monoisotopic (exact) mass is 323 g/mol. The van der Waals surface area contributed by atoms with Crippen LogP contribution in [0, 0.1) is 0 Å². The molecular weight excluding hydrogens is 302 g/mol. The highest BCUT2D eigenvalue weighted by Gasteiger charge is 2.20. The molecule has 0 saturated heterocycles. The van der Waals surface area contributed by atoms with E-state index in [0.29, 0.717) is 11.3 Å². The maximum Gasteiger partial charge on any atom is 0.340 e. The minimum atomic E-state index is -0.486. The van der Waals surface area contributed by atoms with Gasteiger partial charge in [0.2, 0.25) is 0 Å². The van der Waals surface area contributed by atoms with E-state index < -0.39 is 5.97 Å². The van der Waals surface area contributed by atoms with Gasteiger partial charge in [-0.25, -0.2) is 4.79 Å². The second kappa shape index (κ2) is 8.02. The van der Waals surface area contributed by atoms with Gasteiger partial charge >= 0.3 is 5.97 Å². The molecule has 0 unspecified atom stereocenters. The summed E-state index contributed by atoms with van der Waals surface area (Å²) in [5.41, 5.74) is 8.90. The fraction of sp³-hybridized carbons (Fsp3) is 0.150. The first-order valence-corrected chi connectivity index (χ1v) is 7.64. The average Bonchev–Trinajstić information content (AvgIpc) is 2.62. The molecule has 0 saturated carbocycles. The smallest absolute Gasteiger partial charge is 0.340 e. The van der Waals surface area contributed by atoms with Crippen molar-refractivity contribution in [2.45, 2.75) is 6.92 Å². The van der Waals surface area contributed by atoms with E-state index in [1.807, 2.05) is 54.6 Å². The molecule has 2 aromatic rings. The molecule has 0 spiro atoms. The lowest BCUT2D eigenvalue weighted by molar-refractivity contribution is -0.137. The van der Waals surface area contributed by atoms with Crippen molar-refractivity contribution in [3.63, 3.8) is 0 Å². The maximum atomic E-state index is 12.5. The van der Waals surface area contributed by atoms with Gasteiger partial charge < -0.3 is 15.2 Å². The van der Waals surface area contributed by atoms with Crippen LogP contribution in [0.5, 0.6) is 5.75 Å². The number of carbonyl (C=O) groups excluding carboxylic acids is 1. The highest BCUT2D eigenvalue weighted by molar-refractivity contribution is 6.12. The largest absolute Gasteiger partial charge is 0.497 e. The van der Waals surface area contributed by atoms with Crippen LogP contribution in [0.4, 0.5) is 0 Å². The van der Waals surface area contributed by atoms with Gasteiger partial charge in [0.15, 0.2) is 0 Å². The maximum absolute atomic E-state index is 12.5.